The number of allylic oxidation sites excluding steroid dienone is 2. The van der Waals surface area contributed by atoms with Crippen molar-refractivity contribution in [2.24, 2.45) is 5.73 Å². The van der Waals surface area contributed by atoms with Gasteiger partial charge < -0.3 is 15.6 Å². The summed E-state index contributed by atoms with van der Waals surface area (Å²) in [6.45, 7) is 0.491. The number of pyridine rings is 1. The molecular weight excluding hydrogens is 330 g/mol. The Hall–Kier alpha value is -2.61. The van der Waals surface area contributed by atoms with Crippen molar-refractivity contribution in [2.75, 3.05) is 5.75 Å². The van der Waals surface area contributed by atoms with Gasteiger partial charge in [0.05, 0.1) is 29.0 Å². The Balaban J connectivity index is 1.74. The summed E-state index contributed by atoms with van der Waals surface area (Å²) in [5, 5.41) is 11.3. The lowest BCUT2D eigenvalue weighted by molar-refractivity contribution is -0.687. The van der Waals surface area contributed by atoms with Gasteiger partial charge in [-0.15, -0.1) is 11.8 Å². The third kappa shape index (κ3) is 3.05. The van der Waals surface area contributed by atoms with Gasteiger partial charge in [0.25, 0.3) is 0 Å². The standard InChI is InChI=1S/C16H15N3O4S/c17-15(21)10-3-6-18(7-4-10)5-1-2-11-9-24-13-8-12(20)19(13)14(11)16(22)23/h1-4,6-7,13H,5,8-9H2,(H2-,17,21,22,23)/t13-/m1/s1. The number of hydrogen-bond donors (Lipinski definition) is 1. The van der Waals surface area contributed by atoms with Gasteiger partial charge in [-0.25, -0.2) is 4.57 Å². The smallest absolute Gasteiger partial charge is 0.249 e. The van der Waals surface area contributed by atoms with Crippen LogP contribution in [0.1, 0.15) is 16.8 Å². The number of carboxylic acids is 1. The van der Waals surface area contributed by atoms with Crippen LogP contribution in [0.25, 0.3) is 0 Å². The fourth-order valence-electron chi connectivity index (χ4n) is 2.61. The number of primary amides is 1. The van der Waals surface area contributed by atoms with E-state index < -0.39 is 11.9 Å². The predicted molar refractivity (Wildman–Crippen MR) is 84.0 cm³/mol. The third-order valence-electron chi connectivity index (χ3n) is 3.89. The summed E-state index contributed by atoms with van der Waals surface area (Å²) in [6, 6.07) is 3.23. The first-order valence-corrected chi connectivity index (χ1v) is 8.36. The van der Waals surface area contributed by atoms with Crippen LogP contribution in [-0.2, 0) is 16.1 Å². The SMILES string of the molecule is NC(=O)c1cc[n+](CC=CC2=C(C(=O)[O-])N3C(=O)C[C@H]3SC2)cc1. The van der Waals surface area contributed by atoms with Crippen LogP contribution in [0, 0.1) is 0 Å². The number of β-lactam (4-membered cyclic amide) rings is 1. The minimum absolute atomic E-state index is 0.0275. The summed E-state index contributed by atoms with van der Waals surface area (Å²) in [7, 11) is 0. The number of nitrogens with zero attached hydrogens (tertiary/aromatic N) is 2. The zero-order valence-corrected chi connectivity index (χ0v) is 13.5. The molecule has 1 fully saturated rings. The molecule has 0 spiro atoms. The molecular formula is C16H15N3O4S. The van der Waals surface area contributed by atoms with Crippen LogP contribution in [-0.4, -0.2) is 33.8 Å². The van der Waals surface area contributed by atoms with Crippen molar-refractivity contribution in [3.8, 4) is 0 Å². The first-order valence-electron chi connectivity index (χ1n) is 7.31. The van der Waals surface area contributed by atoms with E-state index in [9.17, 15) is 19.5 Å². The topological polar surface area (TPSA) is 107 Å². The summed E-state index contributed by atoms with van der Waals surface area (Å²) in [4.78, 5) is 35.3. The maximum absolute atomic E-state index is 11.6. The van der Waals surface area contributed by atoms with E-state index in [2.05, 4.69) is 0 Å². The first kappa shape index (κ1) is 16.3. The molecule has 0 unspecified atom stereocenters. The van der Waals surface area contributed by atoms with Crippen molar-refractivity contribution >= 4 is 29.5 Å². The van der Waals surface area contributed by atoms with Gasteiger partial charge in [-0.1, -0.05) is 6.08 Å². The lowest BCUT2D eigenvalue weighted by atomic mass is 10.1. The Labute approximate surface area is 142 Å². The van der Waals surface area contributed by atoms with Crippen LogP contribution in [0.4, 0.5) is 0 Å². The number of carboxylic acid groups (broad SMARTS) is 1. The molecule has 0 aromatic carbocycles. The van der Waals surface area contributed by atoms with Crippen molar-refractivity contribution in [2.45, 2.75) is 18.3 Å². The predicted octanol–water partition coefficient (Wildman–Crippen LogP) is -1.06. The van der Waals surface area contributed by atoms with Gasteiger partial charge in [0.2, 0.25) is 11.8 Å². The fourth-order valence-corrected chi connectivity index (χ4v) is 3.85. The molecule has 7 nitrogen and oxygen atoms in total. The molecule has 3 heterocycles. The fraction of sp³-hybridized carbons (Fsp3) is 0.250. The highest BCUT2D eigenvalue weighted by Gasteiger charge is 2.42. The van der Waals surface area contributed by atoms with E-state index >= 15 is 0 Å². The Morgan fingerprint density at radius 2 is 2.12 bits per heavy atom. The second-order valence-electron chi connectivity index (χ2n) is 5.45. The molecule has 8 heteroatoms. The second kappa shape index (κ2) is 6.48. The maximum atomic E-state index is 11.6. The second-order valence-corrected chi connectivity index (χ2v) is 6.61. The van der Waals surface area contributed by atoms with Crippen LogP contribution in [0.2, 0.25) is 0 Å². The van der Waals surface area contributed by atoms with E-state index in [-0.39, 0.29) is 17.0 Å². The van der Waals surface area contributed by atoms with E-state index in [4.69, 9.17) is 5.73 Å². The Morgan fingerprint density at radius 1 is 1.42 bits per heavy atom. The molecule has 3 rings (SSSR count). The van der Waals surface area contributed by atoms with Crippen molar-refractivity contribution in [3.63, 3.8) is 0 Å². The molecule has 0 bridgehead atoms. The van der Waals surface area contributed by atoms with Gasteiger partial charge in [-0.2, -0.15) is 0 Å². The lowest BCUT2D eigenvalue weighted by Crippen LogP contribution is -2.55. The monoisotopic (exact) mass is 345 g/mol. The lowest BCUT2D eigenvalue weighted by Gasteiger charge is -2.45. The van der Waals surface area contributed by atoms with Crippen LogP contribution < -0.4 is 15.4 Å². The van der Waals surface area contributed by atoms with Crippen LogP contribution >= 0.6 is 11.8 Å². The number of fused-ring (bicyclic) bond motifs is 1. The highest BCUT2D eigenvalue weighted by Crippen LogP contribution is 2.39. The number of nitrogens with two attached hydrogens (primary N) is 1. The first-order chi connectivity index (χ1) is 11.5. The van der Waals surface area contributed by atoms with Crippen LogP contribution in [0.5, 0.6) is 0 Å². The summed E-state index contributed by atoms with van der Waals surface area (Å²) < 4.78 is 1.82. The van der Waals surface area contributed by atoms with Gasteiger partial charge in [0.15, 0.2) is 18.9 Å². The number of carbonyl (C=O) groups is 3. The zero-order chi connectivity index (χ0) is 17.3. The summed E-state index contributed by atoms with van der Waals surface area (Å²) >= 11 is 1.54. The van der Waals surface area contributed by atoms with Crippen LogP contribution in [0.3, 0.4) is 0 Å². The number of rotatable bonds is 5. The number of amides is 2. The van der Waals surface area contributed by atoms with Crippen molar-refractivity contribution in [3.05, 3.63) is 53.5 Å². The average Bonchev–Trinajstić information content (AvgIpc) is 2.54. The summed E-state index contributed by atoms with van der Waals surface area (Å²) in [6.07, 6.45) is 7.30. The van der Waals surface area contributed by atoms with Gasteiger partial charge in [-0.05, 0) is 11.6 Å². The number of thioether (sulfide) groups is 1. The zero-order valence-electron chi connectivity index (χ0n) is 12.7. The number of hydrogen-bond acceptors (Lipinski definition) is 5. The molecule has 0 aliphatic carbocycles. The number of aromatic nitrogens is 1. The van der Waals surface area contributed by atoms with E-state index in [1.807, 2.05) is 4.57 Å². The molecule has 1 aromatic rings. The minimum Gasteiger partial charge on any atom is -0.543 e. The molecule has 0 saturated carbocycles. The summed E-state index contributed by atoms with van der Waals surface area (Å²) in [5.74, 6) is -1.48. The maximum Gasteiger partial charge on any atom is 0.249 e. The molecule has 1 atom stereocenters. The molecule has 1 aromatic heterocycles. The van der Waals surface area contributed by atoms with E-state index in [0.29, 0.717) is 29.9 Å². The third-order valence-corrected chi connectivity index (χ3v) is 5.13. The minimum atomic E-state index is -1.33. The molecule has 2 amide bonds. The highest BCUT2D eigenvalue weighted by atomic mass is 32.2. The van der Waals surface area contributed by atoms with Crippen LogP contribution in [0.15, 0.2) is 47.9 Å². The molecule has 0 radical (unpaired) electrons. The van der Waals surface area contributed by atoms with Gasteiger partial charge in [-0.3, -0.25) is 14.5 Å². The molecule has 2 N–H and O–H groups in total. The quantitative estimate of drug-likeness (QED) is 0.541. The Morgan fingerprint density at radius 3 is 2.71 bits per heavy atom. The van der Waals surface area contributed by atoms with Crippen molar-refractivity contribution < 1.29 is 24.1 Å². The molecule has 1 saturated heterocycles. The van der Waals surface area contributed by atoms with Gasteiger partial charge in [0, 0.05) is 17.9 Å². The summed E-state index contributed by atoms with van der Waals surface area (Å²) in [5.41, 5.74) is 6.14. The molecule has 2 aliphatic heterocycles. The van der Waals surface area contributed by atoms with E-state index in [1.54, 1.807) is 48.4 Å². The number of carbonyl (C=O) groups excluding carboxylic acids is 3. The van der Waals surface area contributed by atoms with E-state index in [0.717, 1.165) is 0 Å². The van der Waals surface area contributed by atoms with Gasteiger partial charge in [0.1, 0.15) is 0 Å². The number of aliphatic carboxylic acids is 1. The largest absolute Gasteiger partial charge is 0.543 e. The van der Waals surface area contributed by atoms with Gasteiger partial charge >= 0.3 is 0 Å². The Bertz CT molecular complexity index is 770. The average molecular weight is 345 g/mol. The normalized spacial score (nSPS) is 20.1. The Kier molecular flexibility index (Phi) is 4.39. The highest BCUT2D eigenvalue weighted by molar-refractivity contribution is 8.00. The van der Waals surface area contributed by atoms with Crippen molar-refractivity contribution in [1.82, 2.24) is 4.90 Å². The molecule has 124 valence electrons. The molecule has 24 heavy (non-hydrogen) atoms. The van der Waals surface area contributed by atoms with Crippen molar-refractivity contribution in [1.29, 1.82) is 0 Å². The molecule has 2 aliphatic rings. The van der Waals surface area contributed by atoms with E-state index in [1.165, 1.54) is 4.90 Å².